The SMILES string of the molecule is CCOC(=O)c1cccc(NC(=O)Nc2ccc3ncn(CCOC)c(=O)c3c2)c1. The van der Waals surface area contributed by atoms with E-state index in [1.165, 1.54) is 17.0 Å². The van der Waals surface area contributed by atoms with E-state index >= 15 is 0 Å². The van der Waals surface area contributed by atoms with Crippen LogP contribution in [0.5, 0.6) is 0 Å². The Morgan fingerprint density at radius 1 is 1.10 bits per heavy atom. The second-order valence-corrected chi connectivity index (χ2v) is 6.35. The van der Waals surface area contributed by atoms with Gasteiger partial charge >= 0.3 is 12.0 Å². The Kier molecular flexibility index (Phi) is 6.76. The van der Waals surface area contributed by atoms with Crippen molar-refractivity contribution in [1.29, 1.82) is 0 Å². The van der Waals surface area contributed by atoms with Gasteiger partial charge in [0, 0.05) is 18.5 Å². The van der Waals surface area contributed by atoms with E-state index in [4.69, 9.17) is 9.47 Å². The van der Waals surface area contributed by atoms with Crippen LogP contribution in [0.1, 0.15) is 17.3 Å². The second-order valence-electron chi connectivity index (χ2n) is 6.35. The van der Waals surface area contributed by atoms with Crippen LogP contribution in [-0.4, -0.2) is 41.9 Å². The fourth-order valence-electron chi connectivity index (χ4n) is 2.82. The molecule has 0 atom stereocenters. The number of hydrogen-bond donors (Lipinski definition) is 2. The number of amides is 2. The first-order valence-corrected chi connectivity index (χ1v) is 9.35. The van der Waals surface area contributed by atoms with Gasteiger partial charge < -0.3 is 20.1 Å². The smallest absolute Gasteiger partial charge is 0.338 e. The molecule has 2 amide bonds. The van der Waals surface area contributed by atoms with Gasteiger partial charge in [0.2, 0.25) is 0 Å². The first-order valence-electron chi connectivity index (χ1n) is 9.35. The van der Waals surface area contributed by atoms with Crippen molar-refractivity contribution < 1.29 is 19.1 Å². The van der Waals surface area contributed by atoms with Crippen molar-refractivity contribution in [2.75, 3.05) is 31.0 Å². The molecule has 9 heteroatoms. The predicted molar refractivity (Wildman–Crippen MR) is 113 cm³/mol. The molecule has 0 aliphatic carbocycles. The van der Waals surface area contributed by atoms with Crippen LogP contribution in [0.15, 0.2) is 53.6 Å². The Hall–Kier alpha value is -3.72. The van der Waals surface area contributed by atoms with Crippen molar-refractivity contribution in [2.45, 2.75) is 13.5 Å². The summed E-state index contributed by atoms with van der Waals surface area (Å²) in [6.07, 6.45) is 1.47. The van der Waals surface area contributed by atoms with Gasteiger partial charge in [-0.25, -0.2) is 14.6 Å². The van der Waals surface area contributed by atoms with E-state index < -0.39 is 12.0 Å². The van der Waals surface area contributed by atoms with Gasteiger partial charge in [-0.1, -0.05) is 6.07 Å². The molecule has 0 unspecified atom stereocenters. The van der Waals surface area contributed by atoms with Crippen molar-refractivity contribution in [1.82, 2.24) is 9.55 Å². The predicted octanol–water partition coefficient (Wildman–Crippen LogP) is 2.86. The van der Waals surface area contributed by atoms with Crippen molar-refractivity contribution in [3.05, 3.63) is 64.7 Å². The van der Waals surface area contributed by atoms with Gasteiger partial charge in [0.1, 0.15) is 0 Å². The Morgan fingerprint density at radius 2 is 1.87 bits per heavy atom. The molecular weight excluding hydrogens is 388 g/mol. The Balaban J connectivity index is 1.75. The number of esters is 1. The number of rotatable bonds is 7. The molecular formula is C21H22N4O5. The summed E-state index contributed by atoms with van der Waals surface area (Å²) in [4.78, 5) is 41.1. The van der Waals surface area contributed by atoms with E-state index in [1.807, 2.05) is 0 Å². The highest BCUT2D eigenvalue weighted by Gasteiger charge is 2.10. The van der Waals surface area contributed by atoms with E-state index in [1.54, 1.807) is 50.4 Å². The lowest BCUT2D eigenvalue weighted by atomic mass is 10.2. The third-order valence-electron chi connectivity index (χ3n) is 4.25. The van der Waals surface area contributed by atoms with E-state index in [-0.39, 0.29) is 12.2 Å². The van der Waals surface area contributed by atoms with E-state index in [0.29, 0.717) is 41.0 Å². The number of nitrogens with zero attached hydrogens (tertiary/aromatic N) is 2. The highest BCUT2D eigenvalue weighted by molar-refractivity contribution is 6.01. The molecule has 2 aromatic carbocycles. The standard InChI is InChI=1S/C21H22N4O5/c1-3-30-20(27)14-5-4-6-15(11-14)23-21(28)24-16-7-8-18-17(12-16)19(26)25(13-22-18)9-10-29-2/h4-8,11-13H,3,9-10H2,1-2H3,(H2,23,24,28). The minimum absolute atomic E-state index is 0.219. The number of aromatic nitrogens is 2. The number of fused-ring (bicyclic) bond motifs is 1. The van der Waals surface area contributed by atoms with Crippen LogP contribution in [0.25, 0.3) is 10.9 Å². The maximum absolute atomic E-state index is 12.6. The summed E-state index contributed by atoms with van der Waals surface area (Å²) in [6.45, 7) is 2.76. The zero-order chi connectivity index (χ0) is 21.5. The molecule has 0 radical (unpaired) electrons. The van der Waals surface area contributed by atoms with Crippen molar-refractivity contribution in [2.24, 2.45) is 0 Å². The van der Waals surface area contributed by atoms with Gasteiger partial charge in [-0.3, -0.25) is 9.36 Å². The molecule has 1 heterocycles. The van der Waals surface area contributed by atoms with Gasteiger partial charge in [-0.2, -0.15) is 0 Å². The summed E-state index contributed by atoms with van der Waals surface area (Å²) in [7, 11) is 1.56. The highest BCUT2D eigenvalue weighted by Crippen LogP contribution is 2.16. The topological polar surface area (TPSA) is 112 Å². The lowest BCUT2D eigenvalue weighted by Gasteiger charge is -2.10. The largest absolute Gasteiger partial charge is 0.462 e. The molecule has 2 N–H and O–H groups in total. The Bertz CT molecular complexity index is 1130. The van der Waals surface area contributed by atoms with Gasteiger partial charge in [0.15, 0.2) is 0 Å². The van der Waals surface area contributed by atoms with Gasteiger partial charge in [-0.15, -0.1) is 0 Å². The number of nitrogens with one attached hydrogen (secondary N) is 2. The van der Waals surface area contributed by atoms with Crippen LogP contribution in [0.3, 0.4) is 0 Å². The molecule has 0 bridgehead atoms. The summed E-state index contributed by atoms with van der Waals surface area (Å²) in [6, 6.07) is 10.8. The summed E-state index contributed by atoms with van der Waals surface area (Å²) in [5.74, 6) is -0.465. The van der Waals surface area contributed by atoms with Crippen LogP contribution in [-0.2, 0) is 16.0 Å². The molecule has 9 nitrogen and oxygen atoms in total. The quantitative estimate of drug-likeness (QED) is 0.580. The molecule has 30 heavy (non-hydrogen) atoms. The lowest BCUT2D eigenvalue weighted by molar-refractivity contribution is 0.0526. The van der Waals surface area contributed by atoms with Crippen molar-refractivity contribution in [3.8, 4) is 0 Å². The second kappa shape index (κ2) is 9.66. The van der Waals surface area contributed by atoms with Crippen LogP contribution in [0, 0.1) is 0 Å². The van der Waals surface area contributed by atoms with E-state index in [2.05, 4.69) is 15.6 Å². The average molecular weight is 410 g/mol. The monoisotopic (exact) mass is 410 g/mol. The Labute approximate surface area is 172 Å². The molecule has 156 valence electrons. The zero-order valence-corrected chi connectivity index (χ0v) is 16.7. The summed E-state index contributed by atoms with van der Waals surface area (Å²) in [5.41, 5.74) is 1.51. The lowest BCUT2D eigenvalue weighted by Crippen LogP contribution is -2.23. The third kappa shape index (κ3) is 5.00. The van der Waals surface area contributed by atoms with Crippen molar-refractivity contribution >= 4 is 34.3 Å². The fraction of sp³-hybridized carbons (Fsp3) is 0.238. The third-order valence-corrected chi connectivity index (χ3v) is 4.25. The molecule has 3 rings (SSSR count). The number of carbonyl (C=O) groups excluding carboxylic acids is 2. The van der Waals surface area contributed by atoms with Gasteiger partial charge in [-0.05, 0) is 43.3 Å². The van der Waals surface area contributed by atoms with Crippen LogP contribution in [0.2, 0.25) is 0 Å². The molecule has 0 saturated carbocycles. The number of hydrogen-bond acceptors (Lipinski definition) is 6. The van der Waals surface area contributed by atoms with Gasteiger partial charge in [0.25, 0.3) is 5.56 Å². The molecule has 1 aromatic heterocycles. The normalized spacial score (nSPS) is 10.6. The molecule has 0 aliphatic rings. The zero-order valence-electron chi connectivity index (χ0n) is 16.7. The minimum atomic E-state index is -0.515. The highest BCUT2D eigenvalue weighted by atomic mass is 16.5. The minimum Gasteiger partial charge on any atom is -0.462 e. The molecule has 0 saturated heterocycles. The summed E-state index contributed by atoms with van der Waals surface area (Å²) >= 11 is 0. The molecule has 3 aromatic rings. The molecule has 0 aliphatic heterocycles. The van der Waals surface area contributed by atoms with Crippen molar-refractivity contribution in [3.63, 3.8) is 0 Å². The summed E-state index contributed by atoms with van der Waals surface area (Å²) < 4.78 is 11.4. The number of ether oxygens (including phenoxy) is 2. The maximum Gasteiger partial charge on any atom is 0.338 e. The molecule has 0 fully saturated rings. The summed E-state index contributed by atoms with van der Waals surface area (Å²) in [5, 5.41) is 5.72. The van der Waals surface area contributed by atoms with Crippen LogP contribution >= 0.6 is 0 Å². The first-order chi connectivity index (χ1) is 14.5. The number of urea groups is 1. The van der Waals surface area contributed by atoms with Crippen LogP contribution < -0.4 is 16.2 Å². The maximum atomic E-state index is 12.6. The van der Waals surface area contributed by atoms with E-state index in [0.717, 1.165) is 0 Å². The first kappa shape index (κ1) is 21.0. The number of anilines is 2. The average Bonchev–Trinajstić information content (AvgIpc) is 2.74. The number of benzene rings is 2. The number of methoxy groups -OCH3 is 1. The van der Waals surface area contributed by atoms with Gasteiger partial charge in [0.05, 0.1) is 42.6 Å². The fourth-order valence-corrected chi connectivity index (χ4v) is 2.82. The van der Waals surface area contributed by atoms with Crippen LogP contribution in [0.4, 0.5) is 16.2 Å². The van der Waals surface area contributed by atoms with E-state index in [9.17, 15) is 14.4 Å². The number of carbonyl (C=O) groups is 2. The molecule has 0 spiro atoms. The Morgan fingerprint density at radius 3 is 2.60 bits per heavy atom.